The number of rotatable bonds is 8. The first-order chi connectivity index (χ1) is 10.2. The maximum atomic E-state index is 5.95. The smallest absolute Gasteiger partial charge is 0.231 e. The van der Waals surface area contributed by atoms with E-state index < -0.39 is 0 Å². The minimum atomic E-state index is 0.0776. The Morgan fingerprint density at radius 2 is 2.19 bits per heavy atom. The Morgan fingerprint density at radius 3 is 2.86 bits per heavy atom. The molecule has 0 fully saturated rings. The molecular weight excluding hydrogens is 272 g/mol. The van der Waals surface area contributed by atoms with Crippen molar-refractivity contribution in [1.29, 1.82) is 0 Å². The standard InChI is InChI=1S/C15H24N2O4/c1-4-19-6-5-17(2)12(9-16)11-7-13(18-3)15-14(8-11)20-10-21-15/h7-8,12H,4-6,9-10,16H2,1-3H3. The summed E-state index contributed by atoms with van der Waals surface area (Å²) in [4.78, 5) is 2.17. The van der Waals surface area contributed by atoms with E-state index in [0.29, 0.717) is 30.4 Å². The van der Waals surface area contributed by atoms with Crippen LogP contribution in [0.4, 0.5) is 0 Å². The number of hydrogen-bond acceptors (Lipinski definition) is 6. The van der Waals surface area contributed by atoms with Crippen LogP contribution in [-0.4, -0.2) is 52.2 Å². The highest BCUT2D eigenvalue weighted by Gasteiger charge is 2.24. The molecule has 0 saturated carbocycles. The van der Waals surface area contributed by atoms with Crippen molar-refractivity contribution in [3.05, 3.63) is 17.7 Å². The van der Waals surface area contributed by atoms with Crippen LogP contribution in [0.1, 0.15) is 18.5 Å². The third-order valence-corrected chi connectivity index (χ3v) is 3.61. The molecule has 1 heterocycles. The highest BCUT2D eigenvalue weighted by atomic mass is 16.7. The van der Waals surface area contributed by atoms with Crippen LogP contribution in [0.2, 0.25) is 0 Å². The first kappa shape index (κ1) is 15.9. The lowest BCUT2D eigenvalue weighted by molar-refractivity contribution is 0.108. The zero-order valence-corrected chi connectivity index (χ0v) is 12.9. The lowest BCUT2D eigenvalue weighted by Crippen LogP contribution is -2.33. The molecule has 1 aliphatic heterocycles. The van der Waals surface area contributed by atoms with Gasteiger partial charge in [-0.05, 0) is 31.7 Å². The summed E-state index contributed by atoms with van der Waals surface area (Å²) in [5.74, 6) is 2.05. The van der Waals surface area contributed by atoms with Gasteiger partial charge in [-0.15, -0.1) is 0 Å². The van der Waals surface area contributed by atoms with E-state index in [4.69, 9.17) is 24.7 Å². The summed E-state index contributed by atoms with van der Waals surface area (Å²) in [5.41, 5.74) is 7.00. The van der Waals surface area contributed by atoms with E-state index in [9.17, 15) is 0 Å². The zero-order valence-electron chi connectivity index (χ0n) is 12.9. The number of methoxy groups -OCH3 is 1. The van der Waals surface area contributed by atoms with Gasteiger partial charge in [0.1, 0.15) is 0 Å². The second kappa shape index (κ2) is 7.49. The normalized spacial score (nSPS) is 14.5. The minimum absolute atomic E-state index is 0.0776. The van der Waals surface area contributed by atoms with Gasteiger partial charge >= 0.3 is 0 Å². The molecule has 0 saturated heterocycles. The second-order valence-electron chi connectivity index (χ2n) is 4.89. The Hall–Kier alpha value is -1.50. The van der Waals surface area contributed by atoms with Gasteiger partial charge in [0.15, 0.2) is 11.5 Å². The van der Waals surface area contributed by atoms with Crippen molar-refractivity contribution in [3.8, 4) is 17.2 Å². The number of hydrogen-bond donors (Lipinski definition) is 1. The van der Waals surface area contributed by atoms with Gasteiger partial charge < -0.3 is 24.7 Å². The number of nitrogens with zero attached hydrogens (tertiary/aromatic N) is 1. The Bertz CT molecular complexity index is 467. The van der Waals surface area contributed by atoms with Crippen molar-refractivity contribution in [2.24, 2.45) is 5.73 Å². The second-order valence-corrected chi connectivity index (χ2v) is 4.89. The first-order valence-electron chi connectivity index (χ1n) is 7.16. The third kappa shape index (κ3) is 3.58. The van der Waals surface area contributed by atoms with E-state index in [-0.39, 0.29) is 12.8 Å². The quantitative estimate of drug-likeness (QED) is 0.731. The molecule has 1 unspecified atom stereocenters. The van der Waals surface area contributed by atoms with Crippen LogP contribution in [0.5, 0.6) is 17.2 Å². The fraction of sp³-hybridized carbons (Fsp3) is 0.600. The van der Waals surface area contributed by atoms with Crippen molar-refractivity contribution in [1.82, 2.24) is 4.90 Å². The maximum absolute atomic E-state index is 5.95. The lowest BCUT2D eigenvalue weighted by Gasteiger charge is -2.27. The molecule has 0 aliphatic carbocycles. The predicted octanol–water partition coefficient (Wildman–Crippen LogP) is 1.39. The van der Waals surface area contributed by atoms with Crippen LogP contribution in [0.3, 0.4) is 0 Å². The Labute approximate surface area is 125 Å². The number of fused-ring (bicyclic) bond motifs is 1. The van der Waals surface area contributed by atoms with E-state index in [1.807, 2.05) is 26.1 Å². The summed E-state index contributed by atoms with van der Waals surface area (Å²) in [6.07, 6.45) is 0. The SMILES string of the molecule is CCOCCN(C)C(CN)c1cc(OC)c2c(c1)OCO2. The molecule has 118 valence electrons. The number of nitrogens with two attached hydrogens (primary N) is 1. The molecule has 0 aromatic heterocycles. The topological polar surface area (TPSA) is 66.2 Å². The molecule has 2 rings (SSSR count). The largest absolute Gasteiger partial charge is 0.493 e. The molecule has 0 radical (unpaired) electrons. The molecule has 6 nitrogen and oxygen atoms in total. The molecule has 1 atom stereocenters. The van der Waals surface area contributed by atoms with Crippen LogP contribution in [0, 0.1) is 0 Å². The summed E-state index contributed by atoms with van der Waals surface area (Å²) in [6.45, 7) is 4.94. The third-order valence-electron chi connectivity index (χ3n) is 3.61. The van der Waals surface area contributed by atoms with Gasteiger partial charge in [-0.1, -0.05) is 0 Å². The molecule has 1 aliphatic rings. The van der Waals surface area contributed by atoms with E-state index >= 15 is 0 Å². The van der Waals surface area contributed by atoms with E-state index in [1.165, 1.54) is 0 Å². The van der Waals surface area contributed by atoms with Crippen LogP contribution >= 0.6 is 0 Å². The van der Waals surface area contributed by atoms with Crippen molar-refractivity contribution in [2.45, 2.75) is 13.0 Å². The van der Waals surface area contributed by atoms with Gasteiger partial charge in [-0.2, -0.15) is 0 Å². The zero-order chi connectivity index (χ0) is 15.2. The van der Waals surface area contributed by atoms with E-state index in [0.717, 1.165) is 18.7 Å². The van der Waals surface area contributed by atoms with Crippen molar-refractivity contribution < 1.29 is 18.9 Å². The number of likely N-dealkylation sites (N-methyl/N-ethyl adjacent to an activating group) is 1. The fourth-order valence-electron chi connectivity index (χ4n) is 2.42. The number of benzene rings is 1. The van der Waals surface area contributed by atoms with Gasteiger partial charge in [0.05, 0.1) is 13.7 Å². The summed E-state index contributed by atoms with van der Waals surface area (Å²) >= 11 is 0. The van der Waals surface area contributed by atoms with Crippen molar-refractivity contribution in [3.63, 3.8) is 0 Å². The summed E-state index contributed by atoms with van der Waals surface area (Å²) < 4.78 is 21.7. The summed E-state index contributed by atoms with van der Waals surface area (Å²) in [5, 5.41) is 0. The molecule has 21 heavy (non-hydrogen) atoms. The van der Waals surface area contributed by atoms with Crippen LogP contribution in [-0.2, 0) is 4.74 Å². The molecule has 0 bridgehead atoms. The molecule has 6 heteroatoms. The van der Waals surface area contributed by atoms with E-state index in [1.54, 1.807) is 7.11 Å². The van der Waals surface area contributed by atoms with Crippen LogP contribution in [0.25, 0.3) is 0 Å². The Kier molecular flexibility index (Phi) is 5.67. The van der Waals surface area contributed by atoms with Gasteiger partial charge in [0.2, 0.25) is 12.5 Å². The molecule has 1 aromatic rings. The minimum Gasteiger partial charge on any atom is -0.493 e. The first-order valence-corrected chi connectivity index (χ1v) is 7.16. The number of ether oxygens (including phenoxy) is 4. The van der Waals surface area contributed by atoms with Gasteiger partial charge in [0, 0.05) is 25.7 Å². The molecule has 1 aromatic carbocycles. The molecule has 2 N–H and O–H groups in total. The van der Waals surface area contributed by atoms with Crippen LogP contribution < -0.4 is 19.9 Å². The van der Waals surface area contributed by atoms with Crippen molar-refractivity contribution >= 4 is 0 Å². The highest BCUT2D eigenvalue weighted by molar-refractivity contribution is 5.55. The Morgan fingerprint density at radius 1 is 1.38 bits per heavy atom. The molecule has 0 amide bonds. The average Bonchev–Trinajstić information content (AvgIpc) is 2.96. The Balaban J connectivity index is 2.18. The summed E-state index contributed by atoms with van der Waals surface area (Å²) in [7, 11) is 3.66. The molecular formula is C15H24N2O4. The highest BCUT2D eigenvalue weighted by Crippen LogP contribution is 2.43. The average molecular weight is 296 g/mol. The maximum Gasteiger partial charge on any atom is 0.231 e. The van der Waals surface area contributed by atoms with Gasteiger partial charge in [0.25, 0.3) is 0 Å². The van der Waals surface area contributed by atoms with Gasteiger partial charge in [-0.3, -0.25) is 4.90 Å². The predicted molar refractivity (Wildman–Crippen MR) is 80.0 cm³/mol. The monoisotopic (exact) mass is 296 g/mol. The fourth-order valence-corrected chi connectivity index (χ4v) is 2.42. The summed E-state index contributed by atoms with van der Waals surface area (Å²) in [6, 6.07) is 4.01. The van der Waals surface area contributed by atoms with Crippen molar-refractivity contribution in [2.75, 3.05) is 47.3 Å². The molecule has 0 spiro atoms. The van der Waals surface area contributed by atoms with Crippen LogP contribution in [0.15, 0.2) is 12.1 Å². The van der Waals surface area contributed by atoms with E-state index in [2.05, 4.69) is 4.90 Å². The van der Waals surface area contributed by atoms with Gasteiger partial charge in [-0.25, -0.2) is 0 Å². The lowest BCUT2D eigenvalue weighted by atomic mass is 10.0.